The number of nitrogens with one attached hydrogen (secondary N) is 1. The molecule has 0 aliphatic rings. The van der Waals surface area contributed by atoms with Crippen molar-refractivity contribution in [3.8, 4) is 5.75 Å². The summed E-state index contributed by atoms with van der Waals surface area (Å²) >= 11 is 0. The molecular formula is C13H16N2O2. The van der Waals surface area contributed by atoms with E-state index in [1.54, 1.807) is 12.5 Å². The third-order valence-electron chi connectivity index (χ3n) is 2.37. The number of nitrogens with zero attached hydrogens (tertiary/aromatic N) is 1. The van der Waals surface area contributed by atoms with Crippen molar-refractivity contribution >= 4 is 0 Å². The zero-order valence-electron chi connectivity index (χ0n) is 9.85. The van der Waals surface area contributed by atoms with Gasteiger partial charge in [-0.05, 0) is 31.2 Å². The highest BCUT2D eigenvalue weighted by Crippen LogP contribution is 2.12. The molecule has 1 N–H and O–H groups in total. The van der Waals surface area contributed by atoms with Crippen LogP contribution in [0.2, 0.25) is 0 Å². The fourth-order valence-corrected chi connectivity index (χ4v) is 1.48. The van der Waals surface area contributed by atoms with Crippen LogP contribution in [0.5, 0.6) is 5.75 Å². The molecule has 0 spiro atoms. The molecule has 0 saturated heterocycles. The molecule has 0 amide bonds. The molecule has 90 valence electrons. The van der Waals surface area contributed by atoms with E-state index >= 15 is 0 Å². The summed E-state index contributed by atoms with van der Waals surface area (Å²) in [5.41, 5.74) is 0.915. The number of ether oxygens (including phenoxy) is 1. The van der Waals surface area contributed by atoms with Crippen LogP contribution in [0.15, 0.2) is 41.1 Å². The van der Waals surface area contributed by atoms with Crippen LogP contribution in [-0.2, 0) is 6.54 Å². The van der Waals surface area contributed by atoms with Gasteiger partial charge in [-0.2, -0.15) is 0 Å². The Morgan fingerprint density at radius 2 is 2.29 bits per heavy atom. The van der Waals surface area contributed by atoms with Crippen LogP contribution >= 0.6 is 0 Å². The standard InChI is InChI=1S/C13H16N2O2/c1-11-13(5-2-6-15-11)17-9-7-14-10-12-4-3-8-16-12/h2-6,8,14H,7,9-10H2,1H3. The second-order valence-electron chi connectivity index (χ2n) is 3.69. The predicted molar refractivity (Wildman–Crippen MR) is 64.9 cm³/mol. The molecule has 4 heteroatoms. The molecule has 0 bridgehead atoms. The van der Waals surface area contributed by atoms with E-state index < -0.39 is 0 Å². The Balaban J connectivity index is 1.65. The smallest absolute Gasteiger partial charge is 0.140 e. The SMILES string of the molecule is Cc1ncccc1OCCNCc1ccco1. The van der Waals surface area contributed by atoms with E-state index in [1.807, 2.05) is 31.2 Å². The van der Waals surface area contributed by atoms with E-state index in [0.717, 1.165) is 30.3 Å². The highest BCUT2D eigenvalue weighted by Gasteiger charge is 1.98. The number of aromatic nitrogens is 1. The van der Waals surface area contributed by atoms with Crippen molar-refractivity contribution in [2.24, 2.45) is 0 Å². The first-order valence-electron chi connectivity index (χ1n) is 5.64. The fourth-order valence-electron chi connectivity index (χ4n) is 1.48. The first-order valence-corrected chi connectivity index (χ1v) is 5.64. The van der Waals surface area contributed by atoms with Crippen LogP contribution in [-0.4, -0.2) is 18.1 Å². The average molecular weight is 232 g/mol. The zero-order chi connectivity index (χ0) is 11.9. The van der Waals surface area contributed by atoms with Crippen molar-refractivity contribution in [3.05, 3.63) is 48.2 Å². The van der Waals surface area contributed by atoms with Crippen LogP contribution in [0.1, 0.15) is 11.5 Å². The van der Waals surface area contributed by atoms with Crippen LogP contribution in [0, 0.1) is 6.92 Å². The molecule has 0 aromatic carbocycles. The van der Waals surface area contributed by atoms with Gasteiger partial charge in [0.1, 0.15) is 18.1 Å². The highest BCUT2D eigenvalue weighted by molar-refractivity contribution is 5.25. The Hall–Kier alpha value is -1.81. The monoisotopic (exact) mass is 232 g/mol. The van der Waals surface area contributed by atoms with Gasteiger partial charge in [-0.15, -0.1) is 0 Å². The number of rotatable bonds is 6. The summed E-state index contributed by atoms with van der Waals surface area (Å²) in [6, 6.07) is 7.62. The number of furan rings is 1. The minimum absolute atomic E-state index is 0.618. The Bertz CT molecular complexity index is 440. The van der Waals surface area contributed by atoms with Crippen molar-refractivity contribution in [1.29, 1.82) is 0 Å². The lowest BCUT2D eigenvalue weighted by molar-refractivity contribution is 0.307. The minimum atomic E-state index is 0.618. The maximum Gasteiger partial charge on any atom is 0.140 e. The van der Waals surface area contributed by atoms with Gasteiger partial charge in [-0.1, -0.05) is 0 Å². The summed E-state index contributed by atoms with van der Waals surface area (Å²) < 4.78 is 10.8. The van der Waals surface area contributed by atoms with Gasteiger partial charge in [0.2, 0.25) is 0 Å². The summed E-state index contributed by atoms with van der Waals surface area (Å²) in [7, 11) is 0. The van der Waals surface area contributed by atoms with Crippen LogP contribution in [0.3, 0.4) is 0 Å². The van der Waals surface area contributed by atoms with E-state index in [2.05, 4.69) is 10.3 Å². The number of pyridine rings is 1. The fraction of sp³-hybridized carbons (Fsp3) is 0.308. The maximum atomic E-state index is 5.60. The summed E-state index contributed by atoms with van der Waals surface area (Å²) in [6.07, 6.45) is 3.43. The van der Waals surface area contributed by atoms with Crippen LogP contribution < -0.4 is 10.1 Å². The Labute approximate surface area is 101 Å². The van der Waals surface area contributed by atoms with Gasteiger partial charge in [0.05, 0.1) is 18.5 Å². The number of aryl methyl sites for hydroxylation is 1. The zero-order valence-corrected chi connectivity index (χ0v) is 9.85. The summed E-state index contributed by atoms with van der Waals surface area (Å²) in [6.45, 7) is 4.05. The minimum Gasteiger partial charge on any atom is -0.490 e. The van der Waals surface area contributed by atoms with Crippen LogP contribution in [0.25, 0.3) is 0 Å². The number of hydrogen-bond donors (Lipinski definition) is 1. The van der Waals surface area contributed by atoms with Gasteiger partial charge >= 0.3 is 0 Å². The molecule has 2 aromatic rings. The first-order chi connectivity index (χ1) is 8.36. The average Bonchev–Trinajstić information content (AvgIpc) is 2.84. The van der Waals surface area contributed by atoms with E-state index in [0.29, 0.717) is 6.61 Å². The molecular weight excluding hydrogens is 216 g/mol. The molecule has 0 fully saturated rings. The lowest BCUT2D eigenvalue weighted by Gasteiger charge is -2.08. The second-order valence-corrected chi connectivity index (χ2v) is 3.69. The molecule has 0 aliphatic carbocycles. The Morgan fingerprint density at radius 3 is 3.06 bits per heavy atom. The molecule has 17 heavy (non-hydrogen) atoms. The molecule has 2 heterocycles. The quantitative estimate of drug-likeness (QED) is 0.775. The van der Waals surface area contributed by atoms with Gasteiger partial charge in [-0.25, -0.2) is 0 Å². The molecule has 2 aromatic heterocycles. The van der Waals surface area contributed by atoms with Crippen molar-refractivity contribution in [1.82, 2.24) is 10.3 Å². The molecule has 4 nitrogen and oxygen atoms in total. The summed E-state index contributed by atoms with van der Waals surface area (Å²) in [5, 5.41) is 3.24. The van der Waals surface area contributed by atoms with Crippen molar-refractivity contribution in [2.45, 2.75) is 13.5 Å². The predicted octanol–water partition coefficient (Wildman–Crippen LogP) is 2.15. The molecule has 0 radical (unpaired) electrons. The van der Waals surface area contributed by atoms with Gasteiger partial charge in [0.15, 0.2) is 0 Å². The molecule has 0 atom stereocenters. The lowest BCUT2D eigenvalue weighted by atomic mass is 10.3. The summed E-state index contributed by atoms with van der Waals surface area (Å²) in [5.74, 6) is 1.77. The number of hydrogen-bond acceptors (Lipinski definition) is 4. The highest BCUT2D eigenvalue weighted by atomic mass is 16.5. The van der Waals surface area contributed by atoms with E-state index in [4.69, 9.17) is 9.15 Å². The lowest BCUT2D eigenvalue weighted by Crippen LogP contribution is -2.20. The van der Waals surface area contributed by atoms with Crippen molar-refractivity contribution in [3.63, 3.8) is 0 Å². The first kappa shape index (κ1) is 11.7. The van der Waals surface area contributed by atoms with Crippen LogP contribution in [0.4, 0.5) is 0 Å². The second kappa shape index (κ2) is 6.06. The maximum absolute atomic E-state index is 5.60. The van der Waals surface area contributed by atoms with E-state index in [-0.39, 0.29) is 0 Å². The third kappa shape index (κ3) is 3.60. The normalized spacial score (nSPS) is 10.4. The molecule has 0 aliphatic heterocycles. The van der Waals surface area contributed by atoms with E-state index in [1.165, 1.54) is 0 Å². The molecule has 0 saturated carbocycles. The van der Waals surface area contributed by atoms with Crippen molar-refractivity contribution < 1.29 is 9.15 Å². The topological polar surface area (TPSA) is 47.3 Å². The third-order valence-corrected chi connectivity index (χ3v) is 2.37. The largest absolute Gasteiger partial charge is 0.490 e. The molecule has 2 rings (SSSR count). The Kier molecular flexibility index (Phi) is 4.16. The molecule has 0 unspecified atom stereocenters. The van der Waals surface area contributed by atoms with Gasteiger partial charge in [0, 0.05) is 12.7 Å². The van der Waals surface area contributed by atoms with E-state index in [9.17, 15) is 0 Å². The van der Waals surface area contributed by atoms with Gasteiger partial charge in [0.25, 0.3) is 0 Å². The summed E-state index contributed by atoms with van der Waals surface area (Å²) in [4.78, 5) is 4.16. The Morgan fingerprint density at radius 1 is 1.35 bits per heavy atom. The van der Waals surface area contributed by atoms with Crippen molar-refractivity contribution in [2.75, 3.05) is 13.2 Å². The van der Waals surface area contributed by atoms with Gasteiger partial charge in [-0.3, -0.25) is 4.98 Å². The van der Waals surface area contributed by atoms with Gasteiger partial charge < -0.3 is 14.5 Å².